The molecule has 0 aliphatic heterocycles. The van der Waals surface area contributed by atoms with E-state index in [4.69, 9.17) is 9.47 Å². The smallest absolute Gasteiger partial charge is 0.168 e. The highest BCUT2D eigenvalue weighted by Crippen LogP contribution is 2.38. The maximum atomic E-state index is 5.62. The van der Waals surface area contributed by atoms with Gasteiger partial charge in [0.2, 0.25) is 0 Å². The van der Waals surface area contributed by atoms with Crippen LogP contribution in [0.15, 0.2) is 72.8 Å². The Balaban J connectivity index is 1.87. The lowest BCUT2D eigenvalue weighted by atomic mass is 9.97. The largest absolute Gasteiger partial charge is 0.493 e. The van der Waals surface area contributed by atoms with Gasteiger partial charge in [0, 0.05) is 5.39 Å². The van der Waals surface area contributed by atoms with Crippen LogP contribution in [-0.4, -0.2) is 14.2 Å². The molecule has 0 aromatic heterocycles. The second kappa shape index (κ2) is 5.63. The van der Waals surface area contributed by atoms with Crippen LogP contribution in [0, 0.1) is 0 Å². The van der Waals surface area contributed by atoms with E-state index in [1.54, 1.807) is 14.2 Å². The second-order valence-corrected chi connectivity index (χ2v) is 6.62. The van der Waals surface area contributed by atoms with Crippen molar-refractivity contribution in [3.05, 3.63) is 72.8 Å². The van der Waals surface area contributed by atoms with Gasteiger partial charge in [-0.3, -0.25) is 0 Å². The SMILES string of the molecule is COc1ccc2cc3cc4cc5ccccc5cc4cc3cc2c1OC. The lowest BCUT2D eigenvalue weighted by molar-refractivity contribution is 0.358. The van der Waals surface area contributed by atoms with Gasteiger partial charge < -0.3 is 9.47 Å². The zero-order chi connectivity index (χ0) is 17.7. The molecule has 0 radical (unpaired) electrons. The number of methoxy groups -OCH3 is 2. The molecule has 0 saturated heterocycles. The number of hydrogen-bond acceptors (Lipinski definition) is 2. The van der Waals surface area contributed by atoms with Gasteiger partial charge in [-0.2, -0.15) is 0 Å². The highest BCUT2D eigenvalue weighted by atomic mass is 16.5. The van der Waals surface area contributed by atoms with E-state index < -0.39 is 0 Å². The molecule has 0 fully saturated rings. The fourth-order valence-electron chi connectivity index (χ4n) is 3.84. The molecule has 0 aliphatic carbocycles. The van der Waals surface area contributed by atoms with Gasteiger partial charge in [-0.25, -0.2) is 0 Å². The van der Waals surface area contributed by atoms with Crippen LogP contribution in [0.4, 0.5) is 0 Å². The highest BCUT2D eigenvalue weighted by Gasteiger charge is 2.10. The summed E-state index contributed by atoms with van der Waals surface area (Å²) in [5.74, 6) is 1.54. The van der Waals surface area contributed by atoms with Crippen molar-refractivity contribution in [1.29, 1.82) is 0 Å². The first kappa shape index (κ1) is 15.0. The first-order chi connectivity index (χ1) is 12.8. The lowest BCUT2D eigenvalue weighted by Gasteiger charge is -2.12. The van der Waals surface area contributed by atoms with E-state index >= 15 is 0 Å². The third-order valence-electron chi connectivity index (χ3n) is 5.14. The zero-order valence-corrected chi connectivity index (χ0v) is 14.7. The van der Waals surface area contributed by atoms with Crippen LogP contribution < -0.4 is 9.47 Å². The van der Waals surface area contributed by atoms with Crippen molar-refractivity contribution in [2.24, 2.45) is 0 Å². The summed E-state index contributed by atoms with van der Waals surface area (Å²) in [6.07, 6.45) is 0. The summed E-state index contributed by atoms with van der Waals surface area (Å²) in [6.45, 7) is 0. The second-order valence-electron chi connectivity index (χ2n) is 6.62. The Labute approximate surface area is 151 Å². The Hall–Kier alpha value is -3.26. The molecule has 126 valence electrons. The fourth-order valence-corrected chi connectivity index (χ4v) is 3.84. The predicted octanol–water partition coefficient (Wildman–Crippen LogP) is 6.32. The molecule has 26 heavy (non-hydrogen) atoms. The summed E-state index contributed by atoms with van der Waals surface area (Å²) in [6, 6.07) is 26.0. The summed E-state index contributed by atoms with van der Waals surface area (Å²) in [4.78, 5) is 0. The molecule has 5 aromatic rings. The molecule has 0 unspecified atom stereocenters. The van der Waals surface area contributed by atoms with Gasteiger partial charge >= 0.3 is 0 Å². The minimum absolute atomic E-state index is 0.756. The molecule has 5 aromatic carbocycles. The maximum Gasteiger partial charge on any atom is 0.168 e. The van der Waals surface area contributed by atoms with Crippen LogP contribution in [-0.2, 0) is 0 Å². The van der Waals surface area contributed by atoms with Gasteiger partial charge in [0.15, 0.2) is 11.5 Å². The monoisotopic (exact) mass is 338 g/mol. The summed E-state index contributed by atoms with van der Waals surface area (Å²) in [5, 5.41) is 9.69. The van der Waals surface area contributed by atoms with E-state index in [-0.39, 0.29) is 0 Å². The standard InChI is InChI=1S/C24H18O2/c1-25-23-8-7-17-11-20-12-18-9-15-5-3-4-6-16(15)10-19(18)13-21(20)14-22(17)24(23)26-2/h3-14H,1-2H3. The molecule has 2 heteroatoms. The number of benzene rings is 5. The Morgan fingerprint density at radius 1 is 0.500 bits per heavy atom. The molecule has 0 aliphatic rings. The van der Waals surface area contributed by atoms with E-state index in [9.17, 15) is 0 Å². The van der Waals surface area contributed by atoms with Crippen LogP contribution in [0.5, 0.6) is 11.5 Å². The van der Waals surface area contributed by atoms with Crippen LogP contribution in [0.2, 0.25) is 0 Å². The number of fused-ring (bicyclic) bond motifs is 4. The van der Waals surface area contributed by atoms with Gasteiger partial charge in [-0.1, -0.05) is 30.3 Å². The Bertz CT molecular complexity index is 1300. The van der Waals surface area contributed by atoms with Crippen molar-refractivity contribution >= 4 is 43.1 Å². The number of rotatable bonds is 2. The summed E-state index contributed by atoms with van der Waals surface area (Å²) < 4.78 is 11.1. The van der Waals surface area contributed by atoms with Crippen molar-refractivity contribution in [3.63, 3.8) is 0 Å². The lowest BCUT2D eigenvalue weighted by Crippen LogP contribution is -1.91. The van der Waals surface area contributed by atoms with Gasteiger partial charge in [0.25, 0.3) is 0 Å². The van der Waals surface area contributed by atoms with E-state index in [1.807, 2.05) is 6.07 Å². The Kier molecular flexibility index (Phi) is 3.26. The average Bonchev–Trinajstić information content (AvgIpc) is 2.68. The van der Waals surface area contributed by atoms with E-state index in [2.05, 4.69) is 66.7 Å². The molecule has 0 bridgehead atoms. The van der Waals surface area contributed by atoms with Gasteiger partial charge in [-0.15, -0.1) is 0 Å². The number of hydrogen-bond donors (Lipinski definition) is 0. The van der Waals surface area contributed by atoms with Crippen molar-refractivity contribution in [2.45, 2.75) is 0 Å². The van der Waals surface area contributed by atoms with Crippen molar-refractivity contribution < 1.29 is 9.47 Å². The number of ether oxygens (including phenoxy) is 2. The molecular formula is C24H18O2. The third-order valence-corrected chi connectivity index (χ3v) is 5.14. The molecule has 0 saturated carbocycles. The summed E-state index contributed by atoms with van der Waals surface area (Å²) in [7, 11) is 3.36. The topological polar surface area (TPSA) is 18.5 Å². The quantitative estimate of drug-likeness (QED) is 0.351. The highest BCUT2D eigenvalue weighted by molar-refractivity contribution is 6.09. The molecule has 0 heterocycles. The zero-order valence-electron chi connectivity index (χ0n) is 14.7. The summed E-state index contributed by atoms with van der Waals surface area (Å²) in [5.41, 5.74) is 0. The molecule has 0 amide bonds. The Morgan fingerprint density at radius 3 is 1.62 bits per heavy atom. The van der Waals surface area contributed by atoms with Crippen molar-refractivity contribution in [3.8, 4) is 11.5 Å². The van der Waals surface area contributed by atoms with Crippen LogP contribution >= 0.6 is 0 Å². The molecule has 2 nitrogen and oxygen atoms in total. The first-order valence-electron chi connectivity index (χ1n) is 8.68. The molecule has 0 atom stereocenters. The minimum Gasteiger partial charge on any atom is -0.493 e. The average molecular weight is 338 g/mol. The van der Waals surface area contributed by atoms with E-state index in [0.29, 0.717) is 0 Å². The van der Waals surface area contributed by atoms with Crippen LogP contribution in [0.3, 0.4) is 0 Å². The van der Waals surface area contributed by atoms with Gasteiger partial charge in [-0.05, 0) is 80.2 Å². The molecule has 0 spiro atoms. The third kappa shape index (κ3) is 2.19. The fraction of sp³-hybridized carbons (Fsp3) is 0.0833. The van der Waals surface area contributed by atoms with Crippen LogP contribution in [0.25, 0.3) is 43.1 Å². The molecular weight excluding hydrogens is 320 g/mol. The first-order valence-corrected chi connectivity index (χ1v) is 8.68. The van der Waals surface area contributed by atoms with Gasteiger partial charge in [0.1, 0.15) is 0 Å². The van der Waals surface area contributed by atoms with Crippen molar-refractivity contribution in [2.75, 3.05) is 14.2 Å². The predicted molar refractivity (Wildman–Crippen MR) is 110 cm³/mol. The van der Waals surface area contributed by atoms with Gasteiger partial charge in [0.05, 0.1) is 14.2 Å². The summed E-state index contributed by atoms with van der Waals surface area (Å²) >= 11 is 0. The minimum atomic E-state index is 0.756. The Morgan fingerprint density at radius 2 is 1.04 bits per heavy atom. The van der Waals surface area contributed by atoms with Crippen molar-refractivity contribution in [1.82, 2.24) is 0 Å². The normalized spacial score (nSPS) is 11.5. The van der Waals surface area contributed by atoms with E-state index in [1.165, 1.54) is 32.3 Å². The molecule has 5 rings (SSSR count). The van der Waals surface area contributed by atoms with E-state index in [0.717, 1.165) is 22.3 Å². The maximum absolute atomic E-state index is 5.62. The molecule has 0 N–H and O–H groups in total. The van der Waals surface area contributed by atoms with Crippen LogP contribution in [0.1, 0.15) is 0 Å².